The van der Waals surface area contributed by atoms with Crippen molar-refractivity contribution >= 4 is 29.8 Å². The summed E-state index contributed by atoms with van der Waals surface area (Å²) < 4.78 is 59.9. The summed E-state index contributed by atoms with van der Waals surface area (Å²) in [6.07, 6.45) is -10.4. The molecule has 0 radical (unpaired) electrons. The number of rotatable bonds is 8. The fourth-order valence-corrected chi connectivity index (χ4v) is 3.06. The highest BCUT2D eigenvalue weighted by atomic mass is 35.5. The van der Waals surface area contributed by atoms with E-state index >= 15 is 0 Å². The van der Waals surface area contributed by atoms with Crippen LogP contribution in [-0.4, -0.2) is 48.5 Å². The monoisotopic (exact) mass is 497 g/mol. The molecule has 1 aliphatic heterocycles. The second kappa shape index (κ2) is 10.6. The molecule has 0 fully saturated rings. The summed E-state index contributed by atoms with van der Waals surface area (Å²) in [5.41, 5.74) is -0.385. The maximum atomic E-state index is 13.5. The number of benzene rings is 1. The van der Waals surface area contributed by atoms with Gasteiger partial charge in [-0.15, -0.1) is 10.1 Å². The maximum Gasteiger partial charge on any atom is 0.511 e. The molecule has 182 valence electrons. The highest BCUT2D eigenvalue weighted by Crippen LogP contribution is 2.40. The summed E-state index contributed by atoms with van der Waals surface area (Å²) in [4.78, 5) is 38.3. The van der Waals surface area contributed by atoms with E-state index in [0.29, 0.717) is 5.56 Å². The predicted octanol–water partition coefficient (Wildman–Crippen LogP) is 4.38. The van der Waals surface area contributed by atoms with E-state index < -0.39 is 47.5 Å². The average molecular weight is 498 g/mol. The zero-order chi connectivity index (χ0) is 24.9. The van der Waals surface area contributed by atoms with Gasteiger partial charge in [0.1, 0.15) is 11.9 Å². The van der Waals surface area contributed by atoms with Gasteiger partial charge in [0.25, 0.3) is 5.09 Å². The molecule has 0 aromatic heterocycles. The van der Waals surface area contributed by atoms with Crippen molar-refractivity contribution in [2.24, 2.45) is 0 Å². The molecule has 0 saturated heterocycles. The quantitative estimate of drug-likeness (QED) is 0.222. The summed E-state index contributed by atoms with van der Waals surface area (Å²) in [5, 5.41) is 9.29. The Bertz CT molecular complexity index is 951. The van der Waals surface area contributed by atoms with Gasteiger partial charge in [-0.3, -0.25) is 0 Å². The van der Waals surface area contributed by atoms with Crippen LogP contribution in [0.4, 0.5) is 18.0 Å². The van der Waals surface area contributed by atoms with Gasteiger partial charge in [0.05, 0.1) is 12.2 Å². The molecule has 0 N–H and O–H groups in total. The SMILES string of the molecule is Cc1cc(Cl)cc2c1OC(C(F)(F)F)C(C(=O)OC(C)OC(=O)OC(C)CCO[N+](=O)[O-])=C2. The van der Waals surface area contributed by atoms with E-state index in [1.807, 2.05) is 0 Å². The van der Waals surface area contributed by atoms with Gasteiger partial charge < -0.3 is 23.8 Å². The summed E-state index contributed by atoms with van der Waals surface area (Å²) in [6, 6.07) is 2.74. The minimum absolute atomic E-state index is 0.0386. The first-order valence-electron chi connectivity index (χ1n) is 9.38. The molecule has 0 spiro atoms. The second-order valence-corrected chi connectivity index (χ2v) is 7.33. The molecule has 1 heterocycles. The number of halogens is 4. The van der Waals surface area contributed by atoms with Crippen molar-refractivity contribution in [3.8, 4) is 5.75 Å². The molecule has 14 heteroatoms. The van der Waals surface area contributed by atoms with E-state index in [0.717, 1.165) is 13.0 Å². The Kier molecular flexibility index (Phi) is 8.36. The molecular formula is C19H19ClF3NO9. The van der Waals surface area contributed by atoms with E-state index in [-0.39, 0.29) is 29.4 Å². The lowest BCUT2D eigenvalue weighted by atomic mass is 9.99. The van der Waals surface area contributed by atoms with E-state index in [1.54, 1.807) is 0 Å². The molecule has 1 aromatic rings. The van der Waals surface area contributed by atoms with Crippen molar-refractivity contribution in [3.63, 3.8) is 0 Å². The van der Waals surface area contributed by atoms with Crippen LogP contribution in [0.3, 0.4) is 0 Å². The highest BCUT2D eigenvalue weighted by Gasteiger charge is 2.49. The summed E-state index contributed by atoms with van der Waals surface area (Å²) in [5.74, 6) is -1.52. The maximum absolute atomic E-state index is 13.5. The Balaban J connectivity index is 2.06. The van der Waals surface area contributed by atoms with Crippen LogP contribution in [0, 0.1) is 17.0 Å². The highest BCUT2D eigenvalue weighted by molar-refractivity contribution is 6.30. The first-order valence-corrected chi connectivity index (χ1v) is 9.76. The molecule has 33 heavy (non-hydrogen) atoms. The summed E-state index contributed by atoms with van der Waals surface area (Å²) in [7, 11) is 0. The van der Waals surface area contributed by atoms with Crippen molar-refractivity contribution in [1.82, 2.24) is 0 Å². The lowest BCUT2D eigenvalue weighted by Gasteiger charge is -2.29. The van der Waals surface area contributed by atoms with Crippen molar-refractivity contribution < 1.29 is 51.6 Å². The van der Waals surface area contributed by atoms with Gasteiger partial charge >= 0.3 is 18.3 Å². The van der Waals surface area contributed by atoms with Gasteiger partial charge in [-0.05, 0) is 37.6 Å². The first kappa shape index (κ1) is 26.0. The van der Waals surface area contributed by atoms with E-state index in [2.05, 4.69) is 9.57 Å². The summed E-state index contributed by atoms with van der Waals surface area (Å²) in [6.45, 7) is 3.64. The number of nitrogens with zero attached hydrogens (tertiary/aromatic N) is 1. The Morgan fingerprint density at radius 3 is 2.52 bits per heavy atom. The smallest absolute Gasteiger partial charge is 0.475 e. The number of aryl methyl sites for hydroxylation is 1. The number of esters is 1. The van der Waals surface area contributed by atoms with Crippen molar-refractivity contribution in [1.29, 1.82) is 0 Å². The predicted molar refractivity (Wildman–Crippen MR) is 105 cm³/mol. The molecule has 1 aromatic carbocycles. The zero-order valence-corrected chi connectivity index (χ0v) is 18.3. The second-order valence-electron chi connectivity index (χ2n) is 6.89. The van der Waals surface area contributed by atoms with Crippen LogP contribution >= 0.6 is 11.6 Å². The first-order chi connectivity index (χ1) is 15.3. The van der Waals surface area contributed by atoms with Gasteiger partial charge in [0.15, 0.2) is 0 Å². The standard InChI is InChI=1S/C19H19ClF3NO9/c1-9-6-13(20)7-12-8-14(16(19(21,22)23)33-15(9)12)17(25)31-11(3)32-18(26)30-10(2)4-5-29-24(27)28/h6-8,10-11,16H,4-5H2,1-3H3. The minimum Gasteiger partial charge on any atom is -0.475 e. The third kappa shape index (κ3) is 7.41. The molecule has 0 amide bonds. The van der Waals surface area contributed by atoms with Crippen LogP contribution in [0.25, 0.3) is 6.08 Å². The largest absolute Gasteiger partial charge is 0.511 e. The minimum atomic E-state index is -4.95. The Labute approximate surface area is 190 Å². The fraction of sp³-hybridized carbons (Fsp3) is 0.474. The Hall–Kier alpha value is -3.22. The number of carbonyl (C=O) groups is 2. The van der Waals surface area contributed by atoms with Crippen molar-refractivity contribution in [2.45, 2.75) is 51.9 Å². The van der Waals surface area contributed by atoms with Crippen LogP contribution in [0.15, 0.2) is 17.7 Å². The van der Waals surface area contributed by atoms with Crippen LogP contribution in [0.5, 0.6) is 5.75 Å². The molecule has 0 bridgehead atoms. The topological polar surface area (TPSA) is 123 Å². The lowest BCUT2D eigenvalue weighted by molar-refractivity contribution is -0.758. The van der Waals surface area contributed by atoms with Crippen LogP contribution < -0.4 is 4.74 Å². The van der Waals surface area contributed by atoms with Gasteiger partial charge in [-0.25, -0.2) is 9.59 Å². The lowest BCUT2D eigenvalue weighted by Crippen LogP contribution is -2.41. The molecule has 3 atom stereocenters. The van der Waals surface area contributed by atoms with Gasteiger partial charge in [-0.1, -0.05) is 11.6 Å². The third-order valence-corrected chi connectivity index (χ3v) is 4.40. The van der Waals surface area contributed by atoms with E-state index in [9.17, 15) is 32.9 Å². The molecule has 0 saturated carbocycles. The Morgan fingerprint density at radius 1 is 1.24 bits per heavy atom. The number of hydrogen-bond donors (Lipinski definition) is 0. The molecule has 1 aliphatic rings. The van der Waals surface area contributed by atoms with Crippen LogP contribution in [0.2, 0.25) is 5.02 Å². The number of hydrogen-bond acceptors (Lipinski definition) is 9. The molecule has 10 nitrogen and oxygen atoms in total. The van der Waals surface area contributed by atoms with Gasteiger partial charge in [0, 0.05) is 23.9 Å². The molecule has 0 aliphatic carbocycles. The van der Waals surface area contributed by atoms with Crippen molar-refractivity contribution in [3.05, 3.63) is 44.0 Å². The molecule has 2 rings (SSSR count). The van der Waals surface area contributed by atoms with Crippen molar-refractivity contribution in [2.75, 3.05) is 6.61 Å². The third-order valence-electron chi connectivity index (χ3n) is 4.18. The average Bonchev–Trinajstić information content (AvgIpc) is 2.65. The zero-order valence-electron chi connectivity index (χ0n) is 17.5. The van der Waals surface area contributed by atoms with E-state index in [4.69, 9.17) is 25.8 Å². The van der Waals surface area contributed by atoms with E-state index in [1.165, 1.54) is 26.0 Å². The summed E-state index contributed by atoms with van der Waals surface area (Å²) >= 11 is 5.93. The normalized spacial score (nSPS) is 16.9. The Morgan fingerprint density at radius 2 is 1.91 bits per heavy atom. The molecule has 3 unspecified atom stereocenters. The van der Waals surface area contributed by atoms with Crippen LogP contribution in [-0.2, 0) is 23.8 Å². The number of carbonyl (C=O) groups excluding carboxylic acids is 2. The van der Waals surface area contributed by atoms with Gasteiger partial charge in [0.2, 0.25) is 12.4 Å². The van der Waals surface area contributed by atoms with Crippen LogP contribution in [0.1, 0.15) is 31.4 Å². The number of alkyl halides is 3. The van der Waals surface area contributed by atoms with Gasteiger partial charge in [-0.2, -0.15) is 13.2 Å². The number of fused-ring (bicyclic) bond motifs is 1. The molecular weight excluding hydrogens is 479 g/mol. The number of ether oxygens (including phenoxy) is 4. The fourth-order valence-electron chi connectivity index (χ4n) is 2.78.